The van der Waals surface area contributed by atoms with E-state index in [1.165, 1.54) is 23.2 Å². The van der Waals surface area contributed by atoms with Gasteiger partial charge in [-0.2, -0.15) is 5.10 Å². The summed E-state index contributed by atoms with van der Waals surface area (Å²) >= 11 is 1.47. The molecule has 140 valence electrons. The Hall–Kier alpha value is -3.32. The molecule has 0 spiro atoms. The van der Waals surface area contributed by atoms with Crippen molar-refractivity contribution in [2.45, 2.75) is 20.0 Å². The Balaban J connectivity index is 1.43. The number of carbonyl (C=O) groups excluding carboxylic acids is 1. The largest absolute Gasteiger partial charge is 0.347 e. The maximum atomic E-state index is 12.6. The highest BCUT2D eigenvalue weighted by Crippen LogP contribution is 2.24. The quantitative estimate of drug-likeness (QED) is 0.546. The second-order valence-electron chi connectivity index (χ2n) is 6.45. The number of hydrogen-bond donors (Lipinski definition) is 1. The molecule has 0 fully saturated rings. The maximum absolute atomic E-state index is 12.6. The van der Waals surface area contributed by atoms with Crippen LogP contribution in [0.2, 0.25) is 0 Å². The van der Waals surface area contributed by atoms with E-state index in [2.05, 4.69) is 20.4 Å². The molecule has 0 aliphatic rings. The monoisotopic (exact) mass is 389 g/mol. The Morgan fingerprint density at radius 1 is 1.11 bits per heavy atom. The maximum Gasteiger partial charge on any atom is 0.271 e. The smallest absolute Gasteiger partial charge is 0.271 e. The first-order valence-corrected chi connectivity index (χ1v) is 9.77. The first kappa shape index (κ1) is 18.1. The number of nitrogens with zero attached hydrogens (tertiary/aromatic N) is 4. The van der Waals surface area contributed by atoms with Gasteiger partial charge in [-0.3, -0.25) is 4.79 Å². The number of nitrogens with one attached hydrogen (secondary N) is 1. The number of hydrogen-bond acceptors (Lipinski definition) is 5. The van der Waals surface area contributed by atoms with Crippen molar-refractivity contribution in [1.29, 1.82) is 0 Å². The number of aryl methyl sites for hydroxylation is 1. The topological polar surface area (TPSA) is 72.7 Å². The summed E-state index contributed by atoms with van der Waals surface area (Å²) in [5.41, 5.74) is 4.79. The van der Waals surface area contributed by atoms with Gasteiger partial charge in [0.25, 0.3) is 5.91 Å². The predicted octanol–water partition coefficient (Wildman–Crippen LogP) is 3.69. The lowest BCUT2D eigenvalue weighted by Gasteiger charge is -2.10. The number of carbonyl (C=O) groups is 1. The van der Waals surface area contributed by atoms with Crippen molar-refractivity contribution in [1.82, 2.24) is 25.1 Å². The first-order valence-electron chi connectivity index (χ1n) is 8.89. The van der Waals surface area contributed by atoms with Crippen LogP contribution in [0.3, 0.4) is 0 Å². The third-order valence-electron chi connectivity index (χ3n) is 4.39. The lowest BCUT2D eigenvalue weighted by molar-refractivity contribution is 0.0946. The number of rotatable bonds is 6. The van der Waals surface area contributed by atoms with E-state index in [1.807, 2.05) is 55.5 Å². The number of aromatic nitrogens is 4. The van der Waals surface area contributed by atoms with Gasteiger partial charge in [0.15, 0.2) is 0 Å². The number of benzene rings is 2. The molecular formula is C21H19N5OS. The summed E-state index contributed by atoms with van der Waals surface area (Å²) in [5.74, 6) is -0.176. The van der Waals surface area contributed by atoms with Crippen molar-refractivity contribution in [3.63, 3.8) is 0 Å². The summed E-state index contributed by atoms with van der Waals surface area (Å²) in [6.07, 6.45) is 3.19. The SMILES string of the molecule is Cc1ccc(-c2nc(C(=O)NCc3ccccc3Cn3cncn3)cs2)cc1. The molecular weight excluding hydrogens is 370 g/mol. The third-order valence-corrected chi connectivity index (χ3v) is 5.28. The van der Waals surface area contributed by atoms with Crippen molar-refractivity contribution < 1.29 is 4.79 Å². The predicted molar refractivity (Wildman–Crippen MR) is 109 cm³/mol. The Morgan fingerprint density at radius 3 is 2.64 bits per heavy atom. The zero-order chi connectivity index (χ0) is 19.3. The van der Waals surface area contributed by atoms with Crippen LogP contribution in [-0.4, -0.2) is 25.7 Å². The molecule has 0 radical (unpaired) electrons. The van der Waals surface area contributed by atoms with Crippen LogP contribution in [0.1, 0.15) is 27.2 Å². The Morgan fingerprint density at radius 2 is 1.89 bits per heavy atom. The second-order valence-corrected chi connectivity index (χ2v) is 7.31. The lowest BCUT2D eigenvalue weighted by Crippen LogP contribution is -2.24. The average Bonchev–Trinajstić information content (AvgIpc) is 3.40. The van der Waals surface area contributed by atoms with Crippen molar-refractivity contribution in [2.75, 3.05) is 0 Å². The van der Waals surface area contributed by atoms with E-state index in [1.54, 1.807) is 16.4 Å². The van der Waals surface area contributed by atoms with E-state index in [4.69, 9.17) is 0 Å². The van der Waals surface area contributed by atoms with E-state index >= 15 is 0 Å². The van der Waals surface area contributed by atoms with Crippen LogP contribution < -0.4 is 5.32 Å². The molecule has 4 rings (SSSR count). The van der Waals surface area contributed by atoms with Gasteiger partial charge in [0, 0.05) is 17.5 Å². The summed E-state index contributed by atoms with van der Waals surface area (Å²) in [4.78, 5) is 21.0. The van der Waals surface area contributed by atoms with Crippen molar-refractivity contribution >= 4 is 17.2 Å². The molecule has 0 unspecified atom stereocenters. The highest BCUT2D eigenvalue weighted by atomic mass is 32.1. The molecule has 4 aromatic rings. The molecule has 28 heavy (non-hydrogen) atoms. The normalized spacial score (nSPS) is 10.8. The molecule has 6 nitrogen and oxygen atoms in total. The molecule has 0 aliphatic carbocycles. The van der Waals surface area contributed by atoms with Crippen LogP contribution >= 0.6 is 11.3 Å². The third kappa shape index (κ3) is 4.15. The minimum atomic E-state index is -0.176. The molecule has 2 heterocycles. The lowest BCUT2D eigenvalue weighted by atomic mass is 10.1. The fraction of sp³-hybridized carbons (Fsp3) is 0.143. The molecule has 0 atom stereocenters. The van der Waals surface area contributed by atoms with Gasteiger partial charge in [0.1, 0.15) is 23.4 Å². The fourth-order valence-electron chi connectivity index (χ4n) is 2.85. The fourth-order valence-corrected chi connectivity index (χ4v) is 3.65. The van der Waals surface area contributed by atoms with E-state index in [0.717, 1.165) is 21.7 Å². The van der Waals surface area contributed by atoms with Crippen LogP contribution in [0, 0.1) is 6.92 Å². The average molecular weight is 389 g/mol. The summed E-state index contributed by atoms with van der Waals surface area (Å²) in [6.45, 7) is 3.09. The highest BCUT2D eigenvalue weighted by Gasteiger charge is 2.12. The van der Waals surface area contributed by atoms with Gasteiger partial charge < -0.3 is 5.32 Å². The number of thiazole rings is 1. The Bertz CT molecular complexity index is 1070. The molecule has 7 heteroatoms. The van der Waals surface area contributed by atoms with Gasteiger partial charge in [0.2, 0.25) is 0 Å². The number of amides is 1. The van der Waals surface area contributed by atoms with Crippen LogP contribution in [0.25, 0.3) is 10.6 Å². The zero-order valence-electron chi connectivity index (χ0n) is 15.4. The molecule has 1 N–H and O–H groups in total. The molecule has 0 aliphatic heterocycles. The van der Waals surface area contributed by atoms with E-state index < -0.39 is 0 Å². The Labute approximate surface area is 166 Å². The van der Waals surface area contributed by atoms with Gasteiger partial charge in [-0.15, -0.1) is 11.3 Å². The van der Waals surface area contributed by atoms with Crippen LogP contribution in [-0.2, 0) is 13.1 Å². The summed E-state index contributed by atoms with van der Waals surface area (Å²) < 4.78 is 1.76. The second kappa shape index (κ2) is 8.14. The van der Waals surface area contributed by atoms with Crippen molar-refractivity contribution in [2.24, 2.45) is 0 Å². The summed E-state index contributed by atoms with van der Waals surface area (Å²) in [7, 11) is 0. The highest BCUT2D eigenvalue weighted by molar-refractivity contribution is 7.13. The van der Waals surface area contributed by atoms with Gasteiger partial charge in [-0.25, -0.2) is 14.6 Å². The minimum absolute atomic E-state index is 0.176. The molecule has 0 saturated heterocycles. The van der Waals surface area contributed by atoms with Crippen molar-refractivity contribution in [3.8, 4) is 10.6 Å². The van der Waals surface area contributed by atoms with Crippen LogP contribution in [0.5, 0.6) is 0 Å². The molecule has 2 aromatic carbocycles. The Kier molecular flexibility index (Phi) is 5.25. The zero-order valence-corrected chi connectivity index (χ0v) is 16.2. The van der Waals surface area contributed by atoms with Gasteiger partial charge >= 0.3 is 0 Å². The summed E-state index contributed by atoms with van der Waals surface area (Å²) in [5, 5.41) is 9.75. The van der Waals surface area contributed by atoms with Gasteiger partial charge in [-0.05, 0) is 18.1 Å². The van der Waals surface area contributed by atoms with E-state index in [9.17, 15) is 4.79 Å². The van der Waals surface area contributed by atoms with E-state index in [0.29, 0.717) is 18.8 Å². The standard InChI is InChI=1S/C21H19N5OS/c1-15-6-8-16(9-7-15)21-25-19(12-28-21)20(27)23-10-17-4-2-3-5-18(17)11-26-14-22-13-24-26/h2-9,12-14H,10-11H2,1H3,(H,23,27). The summed E-state index contributed by atoms with van der Waals surface area (Å²) in [6, 6.07) is 16.1. The van der Waals surface area contributed by atoms with Gasteiger partial charge in [-0.1, -0.05) is 54.1 Å². The van der Waals surface area contributed by atoms with E-state index in [-0.39, 0.29) is 5.91 Å². The molecule has 1 amide bonds. The van der Waals surface area contributed by atoms with Gasteiger partial charge in [0.05, 0.1) is 6.54 Å². The van der Waals surface area contributed by atoms with Crippen LogP contribution in [0.15, 0.2) is 66.6 Å². The molecule has 0 saturated carbocycles. The molecule has 0 bridgehead atoms. The first-order chi connectivity index (χ1) is 13.7. The van der Waals surface area contributed by atoms with Crippen molar-refractivity contribution in [3.05, 3.63) is 88.9 Å². The molecule has 2 aromatic heterocycles. The van der Waals surface area contributed by atoms with Crippen LogP contribution in [0.4, 0.5) is 0 Å². The minimum Gasteiger partial charge on any atom is -0.347 e.